The van der Waals surface area contributed by atoms with E-state index in [4.69, 9.17) is 4.42 Å². The fourth-order valence-corrected chi connectivity index (χ4v) is 2.19. The van der Waals surface area contributed by atoms with Crippen LogP contribution in [0.2, 0.25) is 0 Å². The van der Waals surface area contributed by atoms with Gasteiger partial charge in [-0.3, -0.25) is 4.98 Å². The number of nitrogens with zero attached hydrogens (tertiary/aromatic N) is 2. The number of benzene rings is 1. The Hall–Kier alpha value is -2.21. The Balaban J connectivity index is 2.09. The summed E-state index contributed by atoms with van der Waals surface area (Å²) in [6, 6.07) is 6.84. The summed E-state index contributed by atoms with van der Waals surface area (Å²) in [4.78, 5) is 19.9. The van der Waals surface area contributed by atoms with Crippen molar-refractivity contribution in [3.63, 3.8) is 0 Å². The number of halogens is 1. The maximum Gasteiger partial charge on any atom is 0.337 e. The van der Waals surface area contributed by atoms with E-state index in [0.717, 1.165) is 10.0 Å². The largest absolute Gasteiger partial charge is 0.465 e. The number of oxazole rings is 1. The quantitative estimate of drug-likeness (QED) is 0.672. The summed E-state index contributed by atoms with van der Waals surface area (Å²) in [6.45, 7) is 0. The van der Waals surface area contributed by atoms with Crippen molar-refractivity contribution >= 4 is 33.0 Å². The first kappa shape index (κ1) is 12.8. The summed E-state index contributed by atoms with van der Waals surface area (Å²) < 4.78 is 11.2. The maximum atomic E-state index is 11.5. The minimum absolute atomic E-state index is 0.402. The Bertz CT molecular complexity index is 798. The molecule has 0 amide bonds. The molecule has 0 aliphatic heterocycles. The van der Waals surface area contributed by atoms with E-state index in [-0.39, 0.29) is 0 Å². The molecule has 0 aliphatic rings. The first-order valence-corrected chi connectivity index (χ1v) is 6.56. The van der Waals surface area contributed by atoms with Gasteiger partial charge in [0.1, 0.15) is 5.52 Å². The van der Waals surface area contributed by atoms with Crippen molar-refractivity contribution in [2.75, 3.05) is 7.11 Å². The Morgan fingerprint density at radius 1 is 1.30 bits per heavy atom. The number of fused-ring (bicyclic) bond motifs is 1. The van der Waals surface area contributed by atoms with Gasteiger partial charge in [-0.2, -0.15) is 0 Å². The van der Waals surface area contributed by atoms with Crippen molar-refractivity contribution in [1.82, 2.24) is 9.97 Å². The molecule has 6 heteroatoms. The van der Waals surface area contributed by atoms with Crippen LogP contribution in [0.25, 0.3) is 22.6 Å². The van der Waals surface area contributed by atoms with E-state index in [9.17, 15) is 4.79 Å². The van der Waals surface area contributed by atoms with Crippen molar-refractivity contribution in [3.05, 3.63) is 46.7 Å². The SMILES string of the molecule is COC(=O)c1ccc2oc(-c3cncc(Br)c3)nc2c1. The molecule has 0 fully saturated rings. The van der Waals surface area contributed by atoms with Crippen LogP contribution in [-0.4, -0.2) is 23.0 Å². The molecule has 0 aliphatic carbocycles. The highest BCUT2D eigenvalue weighted by atomic mass is 79.9. The zero-order chi connectivity index (χ0) is 14.1. The molecule has 0 saturated carbocycles. The van der Waals surface area contributed by atoms with Gasteiger partial charge < -0.3 is 9.15 Å². The van der Waals surface area contributed by atoms with Gasteiger partial charge in [0.25, 0.3) is 0 Å². The number of hydrogen-bond donors (Lipinski definition) is 0. The van der Waals surface area contributed by atoms with E-state index in [1.165, 1.54) is 7.11 Å². The van der Waals surface area contributed by atoms with Crippen LogP contribution in [0.15, 0.2) is 45.5 Å². The van der Waals surface area contributed by atoms with E-state index < -0.39 is 5.97 Å². The van der Waals surface area contributed by atoms with Crippen LogP contribution >= 0.6 is 15.9 Å². The number of hydrogen-bond acceptors (Lipinski definition) is 5. The molecule has 0 N–H and O–H groups in total. The summed E-state index contributed by atoms with van der Waals surface area (Å²) >= 11 is 3.35. The van der Waals surface area contributed by atoms with Crippen LogP contribution in [0, 0.1) is 0 Å². The summed E-state index contributed by atoms with van der Waals surface area (Å²) in [5.74, 6) is 0.0522. The fourth-order valence-electron chi connectivity index (χ4n) is 1.82. The molecule has 0 unspecified atom stereocenters. The van der Waals surface area contributed by atoms with Gasteiger partial charge in [-0.05, 0) is 40.2 Å². The number of pyridine rings is 1. The Labute approximate surface area is 122 Å². The first-order chi connectivity index (χ1) is 9.67. The molecule has 20 heavy (non-hydrogen) atoms. The number of carbonyl (C=O) groups is 1. The first-order valence-electron chi connectivity index (χ1n) is 5.77. The molecule has 0 bridgehead atoms. The summed E-state index contributed by atoms with van der Waals surface area (Å²) in [6.07, 6.45) is 3.35. The van der Waals surface area contributed by atoms with Gasteiger partial charge in [0.05, 0.1) is 18.2 Å². The number of rotatable bonds is 2. The summed E-state index contributed by atoms with van der Waals surface area (Å²) in [5, 5.41) is 0. The van der Waals surface area contributed by atoms with E-state index in [2.05, 4.69) is 30.6 Å². The standard InChI is InChI=1S/C14H9BrN2O3/c1-19-14(18)8-2-3-12-11(5-8)17-13(20-12)9-4-10(15)7-16-6-9/h2-7H,1H3. The summed E-state index contributed by atoms with van der Waals surface area (Å²) in [5.41, 5.74) is 2.40. The smallest absolute Gasteiger partial charge is 0.337 e. The van der Waals surface area contributed by atoms with Crippen LogP contribution < -0.4 is 0 Å². The van der Waals surface area contributed by atoms with Gasteiger partial charge in [-0.1, -0.05) is 0 Å². The van der Waals surface area contributed by atoms with Crippen molar-refractivity contribution in [2.45, 2.75) is 0 Å². The maximum absolute atomic E-state index is 11.5. The second kappa shape index (κ2) is 5.05. The topological polar surface area (TPSA) is 65.2 Å². The molecule has 0 saturated heterocycles. The zero-order valence-corrected chi connectivity index (χ0v) is 12.0. The number of ether oxygens (including phenoxy) is 1. The lowest BCUT2D eigenvalue weighted by Gasteiger charge is -1.96. The Morgan fingerprint density at radius 2 is 2.15 bits per heavy atom. The van der Waals surface area contributed by atoms with Gasteiger partial charge in [0.15, 0.2) is 5.58 Å². The molecule has 0 radical (unpaired) electrons. The molecule has 3 rings (SSSR count). The average molecular weight is 333 g/mol. The average Bonchev–Trinajstić information content (AvgIpc) is 2.89. The predicted octanol–water partition coefficient (Wildman–Crippen LogP) is 3.44. The van der Waals surface area contributed by atoms with E-state index in [1.54, 1.807) is 30.6 Å². The van der Waals surface area contributed by atoms with Crippen molar-refractivity contribution in [2.24, 2.45) is 0 Å². The third kappa shape index (κ3) is 2.30. The van der Waals surface area contributed by atoms with Gasteiger partial charge in [0, 0.05) is 16.9 Å². The summed E-state index contributed by atoms with van der Waals surface area (Å²) in [7, 11) is 1.34. The Morgan fingerprint density at radius 3 is 2.90 bits per heavy atom. The van der Waals surface area contributed by atoms with Crippen LogP contribution in [0.3, 0.4) is 0 Å². The molecule has 2 heterocycles. The fraction of sp³-hybridized carbons (Fsp3) is 0.0714. The lowest BCUT2D eigenvalue weighted by molar-refractivity contribution is 0.0601. The van der Waals surface area contributed by atoms with Gasteiger partial charge in [0.2, 0.25) is 5.89 Å². The Kier molecular flexibility index (Phi) is 3.23. The van der Waals surface area contributed by atoms with E-state index >= 15 is 0 Å². The number of aromatic nitrogens is 2. The predicted molar refractivity (Wildman–Crippen MR) is 76.3 cm³/mol. The highest BCUT2D eigenvalue weighted by molar-refractivity contribution is 9.10. The molecule has 5 nitrogen and oxygen atoms in total. The second-order valence-electron chi connectivity index (χ2n) is 4.08. The number of methoxy groups -OCH3 is 1. The van der Waals surface area contributed by atoms with Crippen molar-refractivity contribution < 1.29 is 13.9 Å². The third-order valence-electron chi connectivity index (χ3n) is 2.76. The van der Waals surface area contributed by atoms with Crippen LogP contribution in [0.1, 0.15) is 10.4 Å². The van der Waals surface area contributed by atoms with Crippen molar-refractivity contribution in [3.8, 4) is 11.5 Å². The molecule has 0 spiro atoms. The normalized spacial score (nSPS) is 10.7. The lowest BCUT2D eigenvalue weighted by atomic mass is 10.2. The molecule has 3 aromatic rings. The molecule has 1 aromatic carbocycles. The van der Waals surface area contributed by atoms with Crippen LogP contribution in [0.5, 0.6) is 0 Å². The molecule has 0 atom stereocenters. The van der Waals surface area contributed by atoms with Gasteiger partial charge in [-0.25, -0.2) is 9.78 Å². The number of esters is 1. The zero-order valence-electron chi connectivity index (χ0n) is 10.5. The van der Waals surface area contributed by atoms with E-state index in [0.29, 0.717) is 22.6 Å². The second-order valence-corrected chi connectivity index (χ2v) is 5.00. The van der Waals surface area contributed by atoms with Gasteiger partial charge in [-0.15, -0.1) is 0 Å². The number of carbonyl (C=O) groups excluding carboxylic acids is 1. The molecular weight excluding hydrogens is 324 g/mol. The lowest BCUT2D eigenvalue weighted by Crippen LogP contribution is -2.00. The highest BCUT2D eigenvalue weighted by Gasteiger charge is 2.12. The highest BCUT2D eigenvalue weighted by Crippen LogP contribution is 2.26. The van der Waals surface area contributed by atoms with Crippen LogP contribution in [-0.2, 0) is 4.74 Å². The van der Waals surface area contributed by atoms with Gasteiger partial charge >= 0.3 is 5.97 Å². The minimum atomic E-state index is -0.402. The molecule has 100 valence electrons. The molecular formula is C14H9BrN2O3. The van der Waals surface area contributed by atoms with Crippen LogP contribution in [0.4, 0.5) is 0 Å². The third-order valence-corrected chi connectivity index (χ3v) is 3.19. The van der Waals surface area contributed by atoms with Crippen molar-refractivity contribution in [1.29, 1.82) is 0 Å². The monoisotopic (exact) mass is 332 g/mol. The minimum Gasteiger partial charge on any atom is -0.465 e. The van der Waals surface area contributed by atoms with E-state index in [1.807, 2.05) is 6.07 Å². The molecule has 2 aromatic heterocycles.